The Hall–Kier alpha value is -3.32. The van der Waals surface area contributed by atoms with E-state index in [0.717, 1.165) is 68.7 Å². The second-order valence-electron chi connectivity index (χ2n) is 11.5. The van der Waals surface area contributed by atoms with Gasteiger partial charge in [-0.3, -0.25) is 19.0 Å². The number of benzene rings is 2. The molecule has 1 aromatic heterocycles. The Morgan fingerprint density at radius 3 is 2.27 bits per heavy atom. The highest BCUT2D eigenvalue weighted by atomic mass is 35.5. The minimum atomic E-state index is -0.191. The molecule has 0 spiro atoms. The molecule has 0 radical (unpaired) electrons. The van der Waals surface area contributed by atoms with Crippen LogP contribution in [0.5, 0.6) is 5.75 Å². The summed E-state index contributed by atoms with van der Waals surface area (Å²) in [6, 6.07) is 12.6. The summed E-state index contributed by atoms with van der Waals surface area (Å²) < 4.78 is 7.17. The average Bonchev–Trinajstić information content (AvgIpc) is 3.26. The molecule has 2 fully saturated rings. The number of rotatable bonds is 8. The summed E-state index contributed by atoms with van der Waals surface area (Å²) in [5.41, 5.74) is 2.70. The lowest BCUT2D eigenvalue weighted by molar-refractivity contribution is -0.138. The first-order chi connectivity index (χ1) is 19.9. The smallest absolute Gasteiger partial charge is 0.262 e. The maximum atomic E-state index is 14.1. The van der Waals surface area contributed by atoms with Crippen molar-refractivity contribution in [3.8, 4) is 5.75 Å². The van der Waals surface area contributed by atoms with Crippen LogP contribution in [0.2, 0.25) is 5.02 Å². The van der Waals surface area contributed by atoms with Crippen molar-refractivity contribution in [2.45, 2.75) is 89.6 Å². The molecule has 41 heavy (non-hydrogen) atoms. The SMILES string of the molecule is COc1ccc2c(c1)c(CC(=O)N(CC(=O)NC1CCCCC1)C1CCCCC1)c(C)n2C(=O)c1ccc(Cl)cc1. The van der Waals surface area contributed by atoms with Gasteiger partial charge in [0, 0.05) is 33.7 Å². The number of methoxy groups -OCH3 is 1. The molecule has 2 aromatic carbocycles. The Morgan fingerprint density at radius 2 is 1.61 bits per heavy atom. The van der Waals surface area contributed by atoms with E-state index in [1.807, 2.05) is 25.1 Å². The van der Waals surface area contributed by atoms with Gasteiger partial charge in [0.25, 0.3) is 5.91 Å². The van der Waals surface area contributed by atoms with Gasteiger partial charge in [-0.15, -0.1) is 0 Å². The second kappa shape index (κ2) is 13.1. The minimum Gasteiger partial charge on any atom is -0.497 e. The molecular weight excluding hydrogens is 538 g/mol. The Morgan fingerprint density at radius 1 is 0.951 bits per heavy atom. The Bertz CT molecular complexity index is 1400. The van der Waals surface area contributed by atoms with E-state index in [1.165, 1.54) is 6.42 Å². The molecule has 1 N–H and O–H groups in total. The van der Waals surface area contributed by atoms with E-state index in [0.29, 0.717) is 27.5 Å². The van der Waals surface area contributed by atoms with Gasteiger partial charge in [0.15, 0.2) is 0 Å². The third-order valence-corrected chi connectivity index (χ3v) is 9.04. The Kier molecular flexibility index (Phi) is 9.33. The minimum absolute atomic E-state index is 0.0484. The van der Waals surface area contributed by atoms with E-state index in [4.69, 9.17) is 16.3 Å². The summed E-state index contributed by atoms with van der Waals surface area (Å²) in [5.74, 6) is 0.302. The molecule has 0 aliphatic heterocycles. The Balaban J connectivity index is 1.46. The van der Waals surface area contributed by atoms with Crippen LogP contribution in [0, 0.1) is 6.92 Å². The molecule has 218 valence electrons. The normalized spacial score (nSPS) is 16.5. The molecule has 8 heteroatoms. The van der Waals surface area contributed by atoms with Crippen molar-refractivity contribution in [2.24, 2.45) is 0 Å². The summed E-state index contributed by atoms with van der Waals surface area (Å²) in [6.45, 7) is 1.95. The van der Waals surface area contributed by atoms with Gasteiger partial charge in [0.2, 0.25) is 11.8 Å². The van der Waals surface area contributed by atoms with Crippen LogP contribution in [0.15, 0.2) is 42.5 Å². The van der Waals surface area contributed by atoms with Crippen LogP contribution in [0.3, 0.4) is 0 Å². The van der Waals surface area contributed by atoms with Gasteiger partial charge >= 0.3 is 0 Å². The molecule has 2 aliphatic carbocycles. The lowest BCUT2D eigenvalue weighted by Gasteiger charge is -2.35. The number of halogens is 1. The molecule has 0 bridgehead atoms. The van der Waals surface area contributed by atoms with Gasteiger partial charge in [-0.05, 0) is 80.6 Å². The number of fused-ring (bicyclic) bond motifs is 1. The number of amides is 2. The molecule has 0 atom stereocenters. The summed E-state index contributed by atoms with van der Waals surface area (Å²) in [4.78, 5) is 42.8. The number of nitrogens with zero attached hydrogens (tertiary/aromatic N) is 2. The van der Waals surface area contributed by atoms with Crippen LogP contribution in [0.25, 0.3) is 10.9 Å². The summed E-state index contributed by atoms with van der Waals surface area (Å²) in [7, 11) is 1.60. The third kappa shape index (κ3) is 6.61. The van der Waals surface area contributed by atoms with Crippen molar-refractivity contribution in [2.75, 3.05) is 13.7 Å². The first-order valence-corrected chi connectivity index (χ1v) is 15.3. The molecule has 2 saturated carbocycles. The van der Waals surface area contributed by atoms with E-state index in [1.54, 1.807) is 40.8 Å². The second-order valence-corrected chi connectivity index (χ2v) is 11.9. The zero-order chi connectivity index (χ0) is 28.9. The van der Waals surface area contributed by atoms with Crippen LogP contribution in [0.4, 0.5) is 0 Å². The molecule has 0 saturated heterocycles. The fourth-order valence-electron chi connectivity index (χ4n) is 6.54. The predicted octanol–water partition coefficient (Wildman–Crippen LogP) is 6.45. The van der Waals surface area contributed by atoms with Gasteiger partial charge < -0.3 is 15.0 Å². The maximum absolute atomic E-state index is 14.1. The van der Waals surface area contributed by atoms with Crippen LogP contribution in [-0.4, -0.2) is 52.9 Å². The number of carbonyl (C=O) groups excluding carboxylic acids is 3. The highest BCUT2D eigenvalue weighted by Crippen LogP contribution is 2.32. The zero-order valence-electron chi connectivity index (χ0n) is 24.1. The number of aromatic nitrogens is 1. The molecular formula is C33H40ClN3O4. The van der Waals surface area contributed by atoms with Gasteiger partial charge in [-0.25, -0.2) is 0 Å². The fourth-order valence-corrected chi connectivity index (χ4v) is 6.66. The van der Waals surface area contributed by atoms with Crippen molar-refractivity contribution >= 4 is 40.2 Å². The molecule has 3 aromatic rings. The first kappa shape index (κ1) is 29.2. The van der Waals surface area contributed by atoms with Crippen molar-refractivity contribution in [1.82, 2.24) is 14.8 Å². The van der Waals surface area contributed by atoms with E-state index < -0.39 is 0 Å². The molecule has 2 amide bonds. The van der Waals surface area contributed by atoms with E-state index in [9.17, 15) is 14.4 Å². The van der Waals surface area contributed by atoms with Crippen LogP contribution in [0.1, 0.15) is 85.8 Å². The summed E-state index contributed by atoms with van der Waals surface area (Å²) >= 11 is 6.07. The van der Waals surface area contributed by atoms with Crippen LogP contribution < -0.4 is 10.1 Å². The molecule has 0 unspecified atom stereocenters. The van der Waals surface area contributed by atoms with E-state index in [-0.39, 0.29) is 42.8 Å². The number of nitrogens with one attached hydrogen (secondary N) is 1. The monoisotopic (exact) mass is 577 g/mol. The zero-order valence-corrected chi connectivity index (χ0v) is 24.8. The number of carbonyl (C=O) groups is 3. The van der Waals surface area contributed by atoms with Gasteiger partial charge in [0.1, 0.15) is 5.75 Å². The van der Waals surface area contributed by atoms with Crippen molar-refractivity contribution in [3.05, 3.63) is 64.3 Å². The lowest BCUT2D eigenvalue weighted by Crippen LogP contribution is -2.49. The molecule has 1 heterocycles. The predicted molar refractivity (Wildman–Crippen MR) is 162 cm³/mol. The third-order valence-electron chi connectivity index (χ3n) is 8.78. The topological polar surface area (TPSA) is 80.6 Å². The average molecular weight is 578 g/mol. The molecule has 2 aliphatic rings. The van der Waals surface area contributed by atoms with Gasteiger partial charge in [-0.2, -0.15) is 0 Å². The largest absolute Gasteiger partial charge is 0.497 e. The highest BCUT2D eigenvalue weighted by molar-refractivity contribution is 6.30. The summed E-state index contributed by atoms with van der Waals surface area (Å²) in [5, 5.41) is 4.55. The number of ether oxygens (including phenoxy) is 1. The first-order valence-electron chi connectivity index (χ1n) is 14.9. The van der Waals surface area contributed by atoms with Crippen molar-refractivity contribution in [3.63, 3.8) is 0 Å². The highest BCUT2D eigenvalue weighted by Gasteiger charge is 2.30. The standard InChI is InChI=1S/C33H40ClN3O4/c1-22-28(29-19-27(41-2)17-18-30(29)37(22)33(40)23-13-15-24(34)16-14-23)20-32(39)36(26-11-7-4-8-12-26)21-31(38)35-25-9-5-3-6-10-25/h13-19,25-26H,3-12,20-21H2,1-2H3,(H,35,38). The number of hydrogen-bond donors (Lipinski definition) is 1. The fraction of sp³-hybridized carbons (Fsp3) is 0.485. The lowest BCUT2D eigenvalue weighted by atomic mass is 9.93. The number of hydrogen-bond acceptors (Lipinski definition) is 4. The maximum Gasteiger partial charge on any atom is 0.262 e. The van der Waals surface area contributed by atoms with E-state index in [2.05, 4.69) is 5.32 Å². The van der Waals surface area contributed by atoms with Gasteiger partial charge in [-0.1, -0.05) is 50.1 Å². The van der Waals surface area contributed by atoms with Gasteiger partial charge in [0.05, 0.1) is 25.6 Å². The summed E-state index contributed by atoms with van der Waals surface area (Å²) in [6.07, 6.45) is 10.7. The van der Waals surface area contributed by atoms with Crippen LogP contribution >= 0.6 is 11.6 Å². The quantitative estimate of drug-likeness (QED) is 0.333. The molecule has 7 nitrogen and oxygen atoms in total. The van der Waals surface area contributed by atoms with E-state index >= 15 is 0 Å². The molecule has 5 rings (SSSR count). The van der Waals surface area contributed by atoms with Crippen molar-refractivity contribution in [1.29, 1.82) is 0 Å². The Labute approximate surface area is 247 Å². The van der Waals surface area contributed by atoms with Crippen LogP contribution in [-0.2, 0) is 16.0 Å². The van der Waals surface area contributed by atoms with Crippen molar-refractivity contribution < 1.29 is 19.1 Å².